The zero-order valence-electron chi connectivity index (χ0n) is 25.5. The van der Waals surface area contributed by atoms with Crippen molar-refractivity contribution in [3.05, 3.63) is 93.0 Å². The van der Waals surface area contributed by atoms with Crippen molar-refractivity contribution in [2.75, 3.05) is 0 Å². The molecular formula is C33H33ClN4O6. The van der Waals surface area contributed by atoms with Crippen LogP contribution >= 0.6 is 11.6 Å². The molecule has 44 heavy (non-hydrogen) atoms. The van der Waals surface area contributed by atoms with Crippen molar-refractivity contribution < 1.29 is 29.3 Å². The Morgan fingerprint density at radius 3 is 1.20 bits per heavy atom. The van der Waals surface area contributed by atoms with Gasteiger partial charge in [0.25, 0.3) is 0 Å². The quantitative estimate of drug-likeness (QED) is 0.225. The topological polar surface area (TPSA) is 145 Å². The van der Waals surface area contributed by atoms with Gasteiger partial charge in [0.1, 0.15) is 5.15 Å². The lowest BCUT2D eigenvalue weighted by atomic mass is 9.71. The number of pyridine rings is 4. The normalized spacial score (nSPS) is 15.2. The number of halogens is 1. The van der Waals surface area contributed by atoms with Crippen molar-refractivity contribution in [2.45, 2.75) is 60.3 Å². The van der Waals surface area contributed by atoms with E-state index in [0.29, 0.717) is 34.2 Å². The molecule has 6 rings (SSSR count). The van der Waals surface area contributed by atoms with Gasteiger partial charge in [-0.3, -0.25) is 9.59 Å². The fraction of sp³-hybridized carbons (Fsp3) is 0.333. The van der Waals surface area contributed by atoms with Crippen molar-refractivity contribution in [2.24, 2.45) is 10.8 Å². The standard InChI is InChI=1S/C17H18N2O3.C16H15ClN2O3/c1-9-5-7-11-13(17(3,4)16(20)21)12-8-6-10(2)19-15(12)22-14(11)18-9;1-8-4-5-9-12(16(2,3)15(20)21)10-6-7-11(17)19-14(10)22-13(9)18-8/h5-8,13H,1-4H3,(H,20,21);4-7,12H,1-3H3,(H,20,21). The molecule has 228 valence electrons. The van der Waals surface area contributed by atoms with E-state index in [9.17, 15) is 19.8 Å². The van der Waals surface area contributed by atoms with Crippen LogP contribution in [0.15, 0.2) is 48.5 Å². The van der Waals surface area contributed by atoms with Crippen molar-refractivity contribution >= 4 is 23.5 Å². The third-order valence-electron chi connectivity index (χ3n) is 8.12. The van der Waals surface area contributed by atoms with Crippen LogP contribution in [-0.4, -0.2) is 42.1 Å². The highest BCUT2D eigenvalue weighted by Crippen LogP contribution is 2.52. The van der Waals surface area contributed by atoms with Crippen LogP contribution in [0.5, 0.6) is 23.5 Å². The zero-order valence-corrected chi connectivity index (χ0v) is 26.2. The number of hydrogen-bond acceptors (Lipinski definition) is 8. The van der Waals surface area contributed by atoms with Crippen molar-refractivity contribution in [1.82, 2.24) is 19.9 Å². The highest BCUT2D eigenvalue weighted by atomic mass is 35.5. The number of carbonyl (C=O) groups is 2. The van der Waals surface area contributed by atoms with Crippen LogP contribution < -0.4 is 9.47 Å². The number of hydrogen-bond donors (Lipinski definition) is 2. The first-order valence-electron chi connectivity index (χ1n) is 14.0. The predicted molar refractivity (Wildman–Crippen MR) is 163 cm³/mol. The third-order valence-corrected chi connectivity index (χ3v) is 8.33. The number of aromatic nitrogens is 4. The van der Waals surface area contributed by atoms with E-state index < -0.39 is 28.7 Å². The SMILES string of the molecule is Cc1ccc2c(n1)Oc1nc(C)ccc1C2C(C)(C)C(=O)O.Cc1ccc2c(n1)Oc1nc(Cl)ccc1C2C(C)(C)C(=O)O. The van der Waals surface area contributed by atoms with E-state index in [-0.39, 0.29) is 5.92 Å². The van der Waals surface area contributed by atoms with Crippen molar-refractivity contribution in [1.29, 1.82) is 0 Å². The van der Waals surface area contributed by atoms with E-state index in [1.165, 1.54) is 0 Å². The monoisotopic (exact) mass is 616 g/mol. The van der Waals surface area contributed by atoms with Gasteiger partial charge in [0, 0.05) is 51.2 Å². The van der Waals surface area contributed by atoms with Gasteiger partial charge in [-0.05, 0) is 78.8 Å². The van der Waals surface area contributed by atoms with Gasteiger partial charge < -0.3 is 19.7 Å². The smallest absolute Gasteiger partial charge is 0.310 e. The van der Waals surface area contributed by atoms with Crippen LogP contribution in [0.2, 0.25) is 5.15 Å². The number of carboxylic acids is 2. The molecule has 1 atom stereocenters. The van der Waals surface area contributed by atoms with Crippen LogP contribution in [0.25, 0.3) is 0 Å². The molecular weight excluding hydrogens is 584 g/mol. The number of nitrogens with zero attached hydrogens (tertiary/aromatic N) is 4. The Bertz CT molecular complexity index is 1570. The lowest BCUT2D eigenvalue weighted by Gasteiger charge is -2.35. The summed E-state index contributed by atoms with van der Waals surface area (Å²) in [4.78, 5) is 40.9. The summed E-state index contributed by atoms with van der Waals surface area (Å²) in [7, 11) is 0. The minimum atomic E-state index is -1.04. The van der Waals surface area contributed by atoms with Gasteiger partial charge >= 0.3 is 11.9 Å². The molecule has 0 aromatic carbocycles. The molecule has 0 spiro atoms. The molecule has 0 fully saturated rings. The summed E-state index contributed by atoms with van der Waals surface area (Å²) in [5.41, 5.74) is 3.41. The second-order valence-corrected chi connectivity index (χ2v) is 12.6. The highest BCUT2D eigenvalue weighted by Gasteiger charge is 2.46. The molecule has 6 heterocycles. The molecule has 0 radical (unpaired) electrons. The van der Waals surface area contributed by atoms with E-state index in [1.807, 2.05) is 57.2 Å². The minimum absolute atomic E-state index is 0.293. The fourth-order valence-corrected chi connectivity index (χ4v) is 5.73. The average molecular weight is 617 g/mol. The molecule has 10 nitrogen and oxygen atoms in total. The predicted octanol–water partition coefficient (Wildman–Crippen LogP) is 7.23. The van der Waals surface area contributed by atoms with E-state index in [0.717, 1.165) is 33.8 Å². The van der Waals surface area contributed by atoms with Crippen LogP contribution in [0.4, 0.5) is 0 Å². The first-order valence-corrected chi connectivity index (χ1v) is 14.4. The Labute approximate surface area is 260 Å². The Morgan fingerprint density at radius 1 is 0.591 bits per heavy atom. The van der Waals surface area contributed by atoms with Crippen LogP contribution in [0.1, 0.15) is 78.9 Å². The Balaban J connectivity index is 0.000000175. The van der Waals surface area contributed by atoms with Gasteiger partial charge in [-0.25, -0.2) is 19.9 Å². The molecule has 2 aliphatic rings. The van der Waals surface area contributed by atoms with Gasteiger partial charge in [-0.15, -0.1) is 0 Å². The fourth-order valence-electron chi connectivity index (χ4n) is 5.59. The average Bonchev–Trinajstić information content (AvgIpc) is 2.94. The first-order chi connectivity index (χ1) is 20.6. The van der Waals surface area contributed by atoms with Gasteiger partial charge in [0.15, 0.2) is 0 Å². The maximum Gasteiger partial charge on any atom is 0.310 e. The summed E-state index contributed by atoms with van der Waals surface area (Å²) in [5.74, 6) is -0.926. The van der Waals surface area contributed by atoms with Crippen LogP contribution in [-0.2, 0) is 9.59 Å². The molecule has 4 aromatic rings. The Kier molecular flexibility index (Phi) is 7.84. The molecule has 0 bridgehead atoms. The maximum absolute atomic E-state index is 11.8. The van der Waals surface area contributed by atoms with Crippen LogP contribution in [0.3, 0.4) is 0 Å². The Hall–Kier alpha value is -4.57. The summed E-state index contributed by atoms with van der Waals surface area (Å²) in [6.45, 7) is 12.4. The van der Waals surface area contributed by atoms with E-state index in [4.69, 9.17) is 21.1 Å². The molecule has 11 heteroatoms. The molecule has 4 aromatic heterocycles. The highest BCUT2D eigenvalue weighted by molar-refractivity contribution is 6.29. The number of aryl methyl sites for hydroxylation is 3. The summed E-state index contributed by atoms with van der Waals surface area (Å²) in [5, 5.41) is 19.6. The van der Waals surface area contributed by atoms with E-state index >= 15 is 0 Å². The maximum atomic E-state index is 11.8. The van der Waals surface area contributed by atoms with Gasteiger partial charge in [0.2, 0.25) is 23.5 Å². The summed E-state index contributed by atoms with van der Waals surface area (Å²) >= 11 is 5.93. The number of fused-ring (bicyclic) bond motifs is 4. The molecule has 1 unspecified atom stereocenters. The summed E-state index contributed by atoms with van der Waals surface area (Å²) in [6.07, 6.45) is 0. The third kappa shape index (κ3) is 5.45. The molecule has 0 saturated heterocycles. The lowest BCUT2D eigenvalue weighted by Crippen LogP contribution is -2.34. The lowest BCUT2D eigenvalue weighted by molar-refractivity contribution is -0.148. The molecule has 0 aliphatic carbocycles. The second kappa shape index (κ2) is 11.2. The van der Waals surface area contributed by atoms with Crippen molar-refractivity contribution in [3.8, 4) is 23.5 Å². The van der Waals surface area contributed by atoms with E-state index in [2.05, 4.69) is 19.9 Å². The first kappa shape index (κ1) is 30.9. The summed E-state index contributed by atoms with van der Waals surface area (Å²) < 4.78 is 11.6. The summed E-state index contributed by atoms with van der Waals surface area (Å²) in [6, 6.07) is 14.7. The molecule has 0 amide bonds. The number of carboxylic acid groups (broad SMARTS) is 2. The molecule has 2 N–H and O–H groups in total. The second-order valence-electron chi connectivity index (χ2n) is 12.2. The number of rotatable bonds is 4. The van der Waals surface area contributed by atoms with Gasteiger partial charge in [-0.1, -0.05) is 29.8 Å². The van der Waals surface area contributed by atoms with Crippen LogP contribution in [0, 0.1) is 31.6 Å². The Morgan fingerprint density at radius 2 is 0.886 bits per heavy atom. The van der Waals surface area contributed by atoms with Gasteiger partial charge in [0.05, 0.1) is 10.8 Å². The minimum Gasteiger partial charge on any atom is -0.481 e. The molecule has 2 aliphatic heterocycles. The van der Waals surface area contributed by atoms with E-state index in [1.54, 1.807) is 39.8 Å². The number of ether oxygens (including phenoxy) is 2. The van der Waals surface area contributed by atoms with Gasteiger partial charge in [-0.2, -0.15) is 0 Å². The molecule has 0 saturated carbocycles. The number of aliphatic carboxylic acids is 2. The van der Waals surface area contributed by atoms with Crippen molar-refractivity contribution in [3.63, 3.8) is 0 Å². The largest absolute Gasteiger partial charge is 0.481 e. The zero-order chi connectivity index (χ0) is 32.1.